The fraction of sp³-hybridized carbons (Fsp3) is 0.600. The Labute approximate surface area is 78.4 Å². The lowest BCUT2D eigenvalue weighted by atomic mass is 10.1. The molecular weight excluding hydrogens is 162 g/mol. The predicted molar refractivity (Wildman–Crippen MR) is 52.5 cm³/mol. The maximum atomic E-state index is 5.71. The lowest BCUT2D eigenvalue weighted by molar-refractivity contribution is 0.786. The topological polar surface area (TPSA) is 51.8 Å². The van der Waals surface area contributed by atoms with E-state index in [-0.39, 0.29) is 0 Å². The number of nitrogens with zero attached hydrogens (tertiary/aromatic N) is 2. The first-order chi connectivity index (χ1) is 6.16. The van der Waals surface area contributed by atoms with E-state index in [4.69, 9.17) is 5.73 Å². The number of hydrogen-bond donors (Lipinski definition) is 1. The van der Waals surface area contributed by atoms with Crippen molar-refractivity contribution in [3.8, 4) is 0 Å². The van der Waals surface area contributed by atoms with Gasteiger partial charge in [-0.1, -0.05) is 13.8 Å². The lowest BCUT2D eigenvalue weighted by Gasteiger charge is -2.07. The predicted octanol–water partition coefficient (Wildman–Crippen LogP) is 2.06. The zero-order chi connectivity index (χ0) is 9.42. The molecule has 1 aliphatic carbocycles. The van der Waals surface area contributed by atoms with Gasteiger partial charge < -0.3 is 5.73 Å². The lowest BCUT2D eigenvalue weighted by Crippen LogP contribution is -2.03. The van der Waals surface area contributed by atoms with E-state index in [1.165, 1.54) is 12.8 Å². The summed E-state index contributed by atoms with van der Waals surface area (Å²) in [5.74, 6) is 2.58. The van der Waals surface area contributed by atoms with E-state index in [2.05, 4.69) is 23.8 Å². The van der Waals surface area contributed by atoms with Crippen LogP contribution in [0.25, 0.3) is 0 Å². The zero-order valence-corrected chi connectivity index (χ0v) is 8.12. The SMILES string of the molecule is CC(C)c1cc(N)nc(C2CC2)n1. The van der Waals surface area contributed by atoms with E-state index < -0.39 is 0 Å². The van der Waals surface area contributed by atoms with Crippen molar-refractivity contribution < 1.29 is 0 Å². The Kier molecular flexibility index (Phi) is 1.94. The summed E-state index contributed by atoms with van der Waals surface area (Å²) in [6.45, 7) is 4.25. The Hall–Kier alpha value is -1.12. The van der Waals surface area contributed by atoms with Gasteiger partial charge in [0.25, 0.3) is 0 Å². The molecule has 0 aliphatic heterocycles. The van der Waals surface area contributed by atoms with Gasteiger partial charge >= 0.3 is 0 Å². The molecule has 0 aromatic carbocycles. The van der Waals surface area contributed by atoms with Gasteiger partial charge in [-0.05, 0) is 18.8 Å². The average molecular weight is 177 g/mol. The van der Waals surface area contributed by atoms with Gasteiger partial charge in [-0.2, -0.15) is 0 Å². The summed E-state index contributed by atoms with van der Waals surface area (Å²) in [6.07, 6.45) is 2.45. The molecule has 0 amide bonds. The minimum absolute atomic E-state index is 0.433. The first-order valence-corrected chi connectivity index (χ1v) is 4.81. The highest BCUT2D eigenvalue weighted by Gasteiger charge is 2.27. The van der Waals surface area contributed by atoms with E-state index >= 15 is 0 Å². The smallest absolute Gasteiger partial charge is 0.134 e. The van der Waals surface area contributed by atoms with Crippen molar-refractivity contribution in [2.75, 3.05) is 5.73 Å². The van der Waals surface area contributed by atoms with Crippen LogP contribution < -0.4 is 5.73 Å². The third-order valence-corrected chi connectivity index (χ3v) is 2.32. The summed E-state index contributed by atoms with van der Waals surface area (Å²) in [4.78, 5) is 8.75. The van der Waals surface area contributed by atoms with Gasteiger partial charge in [0, 0.05) is 17.7 Å². The molecule has 13 heavy (non-hydrogen) atoms. The largest absolute Gasteiger partial charge is 0.384 e. The molecule has 0 atom stereocenters. The fourth-order valence-electron chi connectivity index (χ4n) is 1.33. The summed E-state index contributed by atoms with van der Waals surface area (Å²) in [5.41, 5.74) is 6.78. The molecule has 1 saturated carbocycles. The number of hydrogen-bond acceptors (Lipinski definition) is 3. The Morgan fingerprint density at radius 3 is 2.62 bits per heavy atom. The van der Waals surface area contributed by atoms with Gasteiger partial charge in [-0.3, -0.25) is 0 Å². The van der Waals surface area contributed by atoms with Crippen LogP contribution in [0.3, 0.4) is 0 Å². The molecule has 3 nitrogen and oxygen atoms in total. The van der Waals surface area contributed by atoms with Crippen LogP contribution in [0, 0.1) is 0 Å². The molecule has 2 rings (SSSR count). The first kappa shape index (κ1) is 8.48. The van der Waals surface area contributed by atoms with E-state index in [1.807, 2.05) is 6.07 Å². The Balaban J connectivity index is 2.36. The highest BCUT2D eigenvalue weighted by molar-refractivity contribution is 5.32. The maximum absolute atomic E-state index is 5.71. The van der Waals surface area contributed by atoms with Gasteiger partial charge in [0.15, 0.2) is 0 Å². The van der Waals surface area contributed by atoms with E-state index in [9.17, 15) is 0 Å². The summed E-state index contributed by atoms with van der Waals surface area (Å²) in [7, 11) is 0. The maximum Gasteiger partial charge on any atom is 0.134 e. The van der Waals surface area contributed by atoms with Gasteiger partial charge in [0.05, 0.1) is 0 Å². The summed E-state index contributed by atoms with van der Waals surface area (Å²) < 4.78 is 0. The average Bonchev–Trinajstić information content (AvgIpc) is 2.85. The van der Waals surface area contributed by atoms with Crippen molar-refractivity contribution in [2.24, 2.45) is 0 Å². The zero-order valence-electron chi connectivity index (χ0n) is 8.12. The fourth-order valence-corrected chi connectivity index (χ4v) is 1.33. The van der Waals surface area contributed by atoms with Crippen molar-refractivity contribution in [2.45, 2.75) is 38.5 Å². The van der Waals surface area contributed by atoms with Crippen molar-refractivity contribution in [1.82, 2.24) is 9.97 Å². The minimum Gasteiger partial charge on any atom is -0.384 e. The molecule has 1 fully saturated rings. The highest BCUT2D eigenvalue weighted by atomic mass is 15.0. The minimum atomic E-state index is 0.433. The Bertz CT molecular complexity index is 296. The molecule has 0 bridgehead atoms. The molecule has 70 valence electrons. The normalized spacial score (nSPS) is 16.5. The molecule has 0 radical (unpaired) electrons. The van der Waals surface area contributed by atoms with Crippen LogP contribution in [0.4, 0.5) is 5.82 Å². The van der Waals surface area contributed by atoms with Gasteiger partial charge in [-0.15, -0.1) is 0 Å². The second-order valence-electron chi connectivity index (χ2n) is 4.00. The van der Waals surface area contributed by atoms with E-state index in [0.29, 0.717) is 17.7 Å². The summed E-state index contributed by atoms with van der Waals surface area (Å²) >= 11 is 0. The van der Waals surface area contributed by atoms with Crippen LogP contribution in [0.1, 0.15) is 50.0 Å². The van der Waals surface area contributed by atoms with Crippen LogP contribution >= 0.6 is 0 Å². The second-order valence-corrected chi connectivity index (χ2v) is 4.00. The Morgan fingerprint density at radius 1 is 1.38 bits per heavy atom. The molecule has 0 saturated heterocycles. The number of aromatic nitrogens is 2. The van der Waals surface area contributed by atoms with Crippen LogP contribution in [0.5, 0.6) is 0 Å². The molecule has 2 N–H and O–H groups in total. The summed E-state index contributed by atoms with van der Waals surface area (Å²) in [6, 6.07) is 1.87. The molecule has 0 spiro atoms. The number of anilines is 1. The Morgan fingerprint density at radius 2 is 2.08 bits per heavy atom. The van der Waals surface area contributed by atoms with Crippen LogP contribution in [-0.2, 0) is 0 Å². The number of nitrogens with two attached hydrogens (primary N) is 1. The van der Waals surface area contributed by atoms with Crippen molar-refractivity contribution >= 4 is 5.82 Å². The van der Waals surface area contributed by atoms with Gasteiger partial charge in [0.2, 0.25) is 0 Å². The van der Waals surface area contributed by atoms with Crippen LogP contribution in [0.2, 0.25) is 0 Å². The van der Waals surface area contributed by atoms with Crippen molar-refractivity contribution in [3.63, 3.8) is 0 Å². The standard InChI is InChI=1S/C10H15N3/c1-6(2)8-5-9(11)13-10(12-8)7-3-4-7/h5-7H,3-4H2,1-2H3,(H2,11,12,13). The van der Waals surface area contributed by atoms with Crippen LogP contribution in [0.15, 0.2) is 6.07 Å². The molecular formula is C10H15N3. The molecule has 1 aliphatic rings. The monoisotopic (exact) mass is 177 g/mol. The molecule has 1 heterocycles. The quantitative estimate of drug-likeness (QED) is 0.752. The number of nitrogen functional groups attached to an aromatic ring is 1. The van der Waals surface area contributed by atoms with Gasteiger partial charge in [-0.25, -0.2) is 9.97 Å². The molecule has 1 aromatic heterocycles. The van der Waals surface area contributed by atoms with Gasteiger partial charge in [0.1, 0.15) is 11.6 Å². The molecule has 1 aromatic rings. The number of rotatable bonds is 2. The van der Waals surface area contributed by atoms with E-state index in [1.54, 1.807) is 0 Å². The van der Waals surface area contributed by atoms with E-state index in [0.717, 1.165) is 11.5 Å². The third-order valence-electron chi connectivity index (χ3n) is 2.32. The first-order valence-electron chi connectivity index (χ1n) is 4.81. The highest BCUT2D eigenvalue weighted by Crippen LogP contribution is 2.38. The molecule has 3 heteroatoms. The summed E-state index contributed by atoms with van der Waals surface area (Å²) in [5, 5.41) is 0. The van der Waals surface area contributed by atoms with Crippen molar-refractivity contribution in [1.29, 1.82) is 0 Å². The van der Waals surface area contributed by atoms with Crippen molar-refractivity contribution in [3.05, 3.63) is 17.6 Å². The second kappa shape index (κ2) is 2.98. The third kappa shape index (κ3) is 1.79. The van der Waals surface area contributed by atoms with Crippen LogP contribution in [-0.4, -0.2) is 9.97 Å². The molecule has 0 unspecified atom stereocenters.